The fraction of sp³-hybridized carbons (Fsp3) is 0.909. The van der Waals surface area contributed by atoms with Crippen LogP contribution in [-0.4, -0.2) is 23.0 Å². The molecule has 1 atom stereocenters. The maximum absolute atomic E-state index is 11.3. The van der Waals surface area contributed by atoms with Crippen molar-refractivity contribution in [2.75, 3.05) is 11.5 Å². The van der Waals surface area contributed by atoms with Crippen LogP contribution in [0.1, 0.15) is 33.1 Å². The van der Waals surface area contributed by atoms with Crippen molar-refractivity contribution in [3.05, 3.63) is 0 Å². The van der Waals surface area contributed by atoms with Gasteiger partial charge in [0.15, 0.2) is 0 Å². The standard InChI is InChI=1S/C11H22N2OS/c1-8(2)5-6-15-7-11(13,10(12)14)9-3-4-9/h8-9H,3-7,13H2,1-2H3,(H2,12,14). The van der Waals surface area contributed by atoms with Gasteiger partial charge in [-0.3, -0.25) is 4.79 Å². The smallest absolute Gasteiger partial charge is 0.238 e. The first-order valence-electron chi connectivity index (χ1n) is 5.63. The molecule has 0 radical (unpaired) electrons. The average Bonchev–Trinajstić information content (AvgIpc) is 2.94. The summed E-state index contributed by atoms with van der Waals surface area (Å²) >= 11 is 1.76. The lowest BCUT2D eigenvalue weighted by Crippen LogP contribution is -2.56. The number of primary amides is 1. The van der Waals surface area contributed by atoms with E-state index in [1.54, 1.807) is 11.8 Å². The van der Waals surface area contributed by atoms with Crippen LogP contribution in [0.2, 0.25) is 0 Å². The van der Waals surface area contributed by atoms with E-state index in [0.29, 0.717) is 17.6 Å². The average molecular weight is 230 g/mol. The maximum atomic E-state index is 11.3. The lowest BCUT2D eigenvalue weighted by molar-refractivity contribution is -0.123. The highest BCUT2D eigenvalue weighted by atomic mass is 32.2. The summed E-state index contributed by atoms with van der Waals surface area (Å²) < 4.78 is 0. The Hall–Kier alpha value is -0.220. The van der Waals surface area contributed by atoms with Crippen molar-refractivity contribution < 1.29 is 4.79 Å². The van der Waals surface area contributed by atoms with E-state index in [1.165, 1.54) is 6.42 Å². The van der Waals surface area contributed by atoms with Crippen molar-refractivity contribution in [1.29, 1.82) is 0 Å². The Bertz CT molecular complexity index is 229. The highest BCUT2D eigenvalue weighted by molar-refractivity contribution is 7.99. The molecule has 0 heterocycles. The molecule has 1 saturated carbocycles. The van der Waals surface area contributed by atoms with E-state index in [4.69, 9.17) is 11.5 Å². The minimum Gasteiger partial charge on any atom is -0.368 e. The Kier molecular flexibility index (Phi) is 4.46. The highest BCUT2D eigenvalue weighted by Gasteiger charge is 2.46. The molecule has 0 aromatic heterocycles. The van der Waals surface area contributed by atoms with Crippen molar-refractivity contribution in [1.82, 2.24) is 0 Å². The lowest BCUT2D eigenvalue weighted by Gasteiger charge is -2.25. The van der Waals surface area contributed by atoms with Crippen LogP contribution in [0.4, 0.5) is 0 Å². The molecule has 0 aliphatic heterocycles. The zero-order valence-electron chi connectivity index (χ0n) is 9.66. The molecule has 4 heteroatoms. The minimum atomic E-state index is -0.748. The highest BCUT2D eigenvalue weighted by Crippen LogP contribution is 2.39. The molecule has 1 aliphatic carbocycles. The fourth-order valence-corrected chi connectivity index (χ4v) is 3.05. The molecule has 4 N–H and O–H groups in total. The molecule has 1 fully saturated rings. The molecule has 15 heavy (non-hydrogen) atoms. The topological polar surface area (TPSA) is 69.1 Å². The summed E-state index contributed by atoms with van der Waals surface area (Å²) in [5, 5.41) is 0. The Morgan fingerprint density at radius 3 is 2.53 bits per heavy atom. The summed E-state index contributed by atoms with van der Waals surface area (Å²) in [5.41, 5.74) is 10.7. The maximum Gasteiger partial charge on any atom is 0.238 e. The molecule has 3 nitrogen and oxygen atoms in total. The van der Waals surface area contributed by atoms with Crippen LogP contribution in [0, 0.1) is 11.8 Å². The fourth-order valence-electron chi connectivity index (χ4n) is 1.55. The van der Waals surface area contributed by atoms with Gasteiger partial charge in [-0.1, -0.05) is 13.8 Å². The van der Waals surface area contributed by atoms with Crippen LogP contribution in [-0.2, 0) is 4.79 Å². The summed E-state index contributed by atoms with van der Waals surface area (Å²) in [7, 11) is 0. The quantitative estimate of drug-likeness (QED) is 0.649. The number of carbonyl (C=O) groups is 1. The van der Waals surface area contributed by atoms with E-state index in [2.05, 4.69) is 13.8 Å². The summed E-state index contributed by atoms with van der Waals surface area (Å²) in [4.78, 5) is 11.3. The van der Waals surface area contributed by atoms with Crippen LogP contribution in [0.25, 0.3) is 0 Å². The van der Waals surface area contributed by atoms with Crippen molar-refractivity contribution in [2.24, 2.45) is 23.3 Å². The second kappa shape index (κ2) is 5.21. The first kappa shape index (κ1) is 12.8. The van der Waals surface area contributed by atoms with Gasteiger partial charge in [0.2, 0.25) is 5.91 Å². The molecule has 0 aromatic rings. The van der Waals surface area contributed by atoms with Gasteiger partial charge in [0.25, 0.3) is 0 Å². The molecular formula is C11H22N2OS. The molecule has 1 unspecified atom stereocenters. The number of nitrogens with two attached hydrogens (primary N) is 2. The van der Waals surface area contributed by atoms with E-state index in [0.717, 1.165) is 18.6 Å². The Morgan fingerprint density at radius 2 is 2.13 bits per heavy atom. The van der Waals surface area contributed by atoms with E-state index in [-0.39, 0.29) is 5.91 Å². The molecule has 1 amide bonds. The van der Waals surface area contributed by atoms with Gasteiger partial charge in [-0.25, -0.2) is 0 Å². The van der Waals surface area contributed by atoms with Gasteiger partial charge in [0.1, 0.15) is 5.54 Å². The van der Waals surface area contributed by atoms with Crippen molar-refractivity contribution in [3.8, 4) is 0 Å². The predicted molar refractivity (Wildman–Crippen MR) is 65.6 cm³/mol. The molecule has 88 valence electrons. The van der Waals surface area contributed by atoms with Crippen LogP contribution < -0.4 is 11.5 Å². The lowest BCUT2D eigenvalue weighted by atomic mass is 9.96. The number of amides is 1. The van der Waals surface area contributed by atoms with Gasteiger partial charge < -0.3 is 11.5 Å². The number of thioether (sulfide) groups is 1. The first-order chi connectivity index (χ1) is 6.97. The Balaban J connectivity index is 2.30. The van der Waals surface area contributed by atoms with Gasteiger partial charge in [-0.2, -0.15) is 11.8 Å². The van der Waals surface area contributed by atoms with E-state index >= 15 is 0 Å². The third kappa shape index (κ3) is 3.68. The predicted octanol–water partition coefficient (Wildman–Crippen LogP) is 1.36. The SMILES string of the molecule is CC(C)CCSCC(N)(C(N)=O)C1CC1. The summed E-state index contributed by atoms with van der Waals surface area (Å²) in [6.45, 7) is 4.40. The van der Waals surface area contributed by atoms with Gasteiger partial charge in [-0.05, 0) is 36.9 Å². The molecule has 0 saturated heterocycles. The van der Waals surface area contributed by atoms with E-state index in [1.807, 2.05) is 0 Å². The summed E-state index contributed by atoms with van der Waals surface area (Å²) in [6, 6.07) is 0. The second-order valence-corrected chi connectivity index (χ2v) is 6.02. The molecule has 1 rings (SSSR count). The number of hydrogen-bond donors (Lipinski definition) is 2. The molecule has 1 aliphatic rings. The second-order valence-electron chi connectivity index (χ2n) is 4.91. The van der Waals surface area contributed by atoms with Crippen LogP contribution in [0.15, 0.2) is 0 Å². The third-order valence-electron chi connectivity index (χ3n) is 2.95. The number of hydrogen-bond acceptors (Lipinski definition) is 3. The van der Waals surface area contributed by atoms with Gasteiger partial charge in [0, 0.05) is 5.75 Å². The summed E-state index contributed by atoms with van der Waals surface area (Å²) in [5.74, 6) is 2.46. The Labute approximate surface area is 96.3 Å². The third-order valence-corrected chi connectivity index (χ3v) is 4.15. The van der Waals surface area contributed by atoms with Crippen LogP contribution in [0.3, 0.4) is 0 Å². The number of carbonyl (C=O) groups excluding carboxylic acids is 1. The monoisotopic (exact) mass is 230 g/mol. The normalized spacial score (nSPS) is 20.3. The van der Waals surface area contributed by atoms with Crippen LogP contribution >= 0.6 is 11.8 Å². The van der Waals surface area contributed by atoms with Crippen LogP contribution in [0.5, 0.6) is 0 Å². The van der Waals surface area contributed by atoms with E-state index in [9.17, 15) is 4.79 Å². The molecule has 0 bridgehead atoms. The van der Waals surface area contributed by atoms with E-state index < -0.39 is 5.54 Å². The van der Waals surface area contributed by atoms with Crippen molar-refractivity contribution in [3.63, 3.8) is 0 Å². The zero-order valence-corrected chi connectivity index (χ0v) is 10.5. The minimum absolute atomic E-state index is 0.331. The van der Waals surface area contributed by atoms with Crippen molar-refractivity contribution >= 4 is 17.7 Å². The Morgan fingerprint density at radius 1 is 1.53 bits per heavy atom. The number of rotatable bonds is 7. The van der Waals surface area contributed by atoms with Gasteiger partial charge in [-0.15, -0.1) is 0 Å². The molecule has 0 spiro atoms. The van der Waals surface area contributed by atoms with Gasteiger partial charge in [0.05, 0.1) is 0 Å². The molecular weight excluding hydrogens is 208 g/mol. The summed E-state index contributed by atoms with van der Waals surface area (Å²) in [6.07, 6.45) is 3.29. The first-order valence-corrected chi connectivity index (χ1v) is 6.79. The molecule has 0 aromatic carbocycles. The van der Waals surface area contributed by atoms with Crippen molar-refractivity contribution in [2.45, 2.75) is 38.6 Å². The zero-order chi connectivity index (χ0) is 11.5. The largest absolute Gasteiger partial charge is 0.368 e. The van der Waals surface area contributed by atoms with Gasteiger partial charge >= 0.3 is 0 Å².